The van der Waals surface area contributed by atoms with Gasteiger partial charge in [0, 0.05) is 85.2 Å². The molecule has 6 nitrogen and oxygen atoms in total. The normalized spacial score (nSPS) is 12.2. The third kappa shape index (κ3) is 5.98. The highest BCUT2D eigenvalue weighted by Crippen LogP contribution is 2.53. The Hall–Kier alpha value is -9.96. The number of aryl methyl sites for hydroxylation is 4. The Labute approximate surface area is 465 Å². The zero-order chi connectivity index (χ0) is 53.4. The Morgan fingerprint density at radius 1 is 0.350 bits per heavy atom. The first-order valence-corrected chi connectivity index (χ1v) is 28.5. The monoisotopic (exact) mass is 1060 g/mol. The quantitative estimate of drug-likeness (QED) is 0.176. The van der Waals surface area contributed by atoms with Crippen molar-refractivity contribution in [1.82, 2.24) is 9.13 Å². The SMILES string of the molecule is Cc1cc2c3ccc4c5ccccc5sc4c3n(-c3c(C#N)c(-c4ccc5c(c4)oc4ccccc45)c(C#N)c(-n4c5cc(C)c(C)cc5c5ccc6c7ccccc7sc6c54)c3-c3ccc4c(c3)oc3ccccc34)c2cc1C. The third-order valence-corrected chi connectivity index (χ3v) is 19.6. The molecule has 0 aliphatic rings. The molecule has 0 aliphatic carbocycles. The van der Waals surface area contributed by atoms with Gasteiger partial charge in [-0.3, -0.25) is 0 Å². The van der Waals surface area contributed by atoms with Gasteiger partial charge in [0.05, 0.1) is 54.0 Å². The van der Waals surface area contributed by atoms with Crippen molar-refractivity contribution in [2.24, 2.45) is 0 Å². The molecule has 0 N–H and O–H groups in total. The van der Waals surface area contributed by atoms with Gasteiger partial charge in [-0.2, -0.15) is 10.5 Å². The van der Waals surface area contributed by atoms with Crippen molar-refractivity contribution in [3.05, 3.63) is 215 Å². The average molecular weight is 1060 g/mol. The fourth-order valence-corrected chi connectivity index (χ4v) is 15.7. The van der Waals surface area contributed by atoms with Crippen molar-refractivity contribution in [1.29, 1.82) is 10.5 Å². The minimum absolute atomic E-state index is 0.371. The summed E-state index contributed by atoms with van der Waals surface area (Å²) in [4.78, 5) is 0. The van der Waals surface area contributed by atoms with E-state index in [-0.39, 0.29) is 0 Å². The van der Waals surface area contributed by atoms with Crippen LogP contribution in [0.1, 0.15) is 33.4 Å². The van der Waals surface area contributed by atoms with Crippen LogP contribution in [0.4, 0.5) is 0 Å². The van der Waals surface area contributed by atoms with Crippen molar-refractivity contribution in [3.63, 3.8) is 0 Å². The van der Waals surface area contributed by atoms with Crippen molar-refractivity contribution < 1.29 is 8.83 Å². The Balaban J connectivity index is 1.17. The Morgan fingerprint density at radius 2 is 0.725 bits per heavy atom. The van der Waals surface area contributed by atoms with Gasteiger partial charge in [0.2, 0.25) is 0 Å². The van der Waals surface area contributed by atoms with Gasteiger partial charge in [-0.25, -0.2) is 0 Å². The summed E-state index contributed by atoms with van der Waals surface area (Å²) in [7, 11) is 0. The fourth-order valence-electron chi connectivity index (χ4n) is 13.3. The minimum Gasteiger partial charge on any atom is -0.456 e. The summed E-state index contributed by atoms with van der Waals surface area (Å²) < 4.78 is 22.9. The summed E-state index contributed by atoms with van der Waals surface area (Å²) >= 11 is 3.56. The average Bonchev–Trinajstić information content (AvgIpc) is 4.50. The Kier molecular flexibility index (Phi) is 9.19. The second-order valence-electron chi connectivity index (χ2n) is 21.5. The molecule has 374 valence electrons. The molecule has 0 fully saturated rings. The molecule has 11 aromatic carbocycles. The molecule has 8 heteroatoms. The van der Waals surface area contributed by atoms with Crippen LogP contribution in [0, 0.1) is 50.4 Å². The summed E-state index contributed by atoms with van der Waals surface area (Å²) in [5.74, 6) is 0. The van der Waals surface area contributed by atoms with Gasteiger partial charge < -0.3 is 18.0 Å². The lowest BCUT2D eigenvalue weighted by Gasteiger charge is -2.26. The van der Waals surface area contributed by atoms with E-state index in [9.17, 15) is 10.5 Å². The lowest BCUT2D eigenvalue weighted by atomic mass is 9.86. The summed E-state index contributed by atoms with van der Waals surface area (Å²) in [5, 5.41) is 38.0. The summed E-state index contributed by atoms with van der Waals surface area (Å²) in [6, 6.07) is 70.2. The molecule has 6 aromatic heterocycles. The van der Waals surface area contributed by atoms with Crippen LogP contribution in [0.2, 0.25) is 0 Å². The molecule has 0 unspecified atom stereocenters. The highest BCUT2D eigenvalue weighted by Gasteiger charge is 2.34. The predicted octanol–water partition coefficient (Wildman–Crippen LogP) is 20.7. The fraction of sp³-hybridized carbons (Fsp3) is 0.0556. The predicted molar refractivity (Wildman–Crippen MR) is 335 cm³/mol. The van der Waals surface area contributed by atoms with Crippen LogP contribution >= 0.6 is 22.7 Å². The van der Waals surface area contributed by atoms with Crippen LogP contribution < -0.4 is 0 Å². The van der Waals surface area contributed by atoms with E-state index in [4.69, 9.17) is 8.83 Å². The van der Waals surface area contributed by atoms with E-state index in [0.717, 1.165) is 119 Å². The number of furan rings is 2. The number of fused-ring (bicyclic) bond motifs is 20. The van der Waals surface area contributed by atoms with Gasteiger partial charge in [-0.05, 0) is 134 Å². The highest BCUT2D eigenvalue weighted by molar-refractivity contribution is 7.27. The largest absolute Gasteiger partial charge is 0.456 e. The molecule has 17 rings (SSSR count). The van der Waals surface area contributed by atoms with E-state index in [1.165, 1.54) is 31.3 Å². The number of aromatic nitrogens is 2. The van der Waals surface area contributed by atoms with E-state index in [1.54, 1.807) is 22.7 Å². The molecule has 80 heavy (non-hydrogen) atoms. The Morgan fingerprint density at radius 3 is 1.19 bits per heavy atom. The van der Waals surface area contributed by atoms with E-state index >= 15 is 0 Å². The molecule has 0 amide bonds. The van der Waals surface area contributed by atoms with Gasteiger partial charge in [-0.15, -0.1) is 22.7 Å². The van der Waals surface area contributed by atoms with Crippen LogP contribution in [-0.2, 0) is 0 Å². The first kappa shape index (κ1) is 45.1. The molecule has 0 aliphatic heterocycles. The van der Waals surface area contributed by atoms with Gasteiger partial charge in [0.15, 0.2) is 0 Å². The lowest BCUT2D eigenvalue weighted by Crippen LogP contribution is -2.11. The maximum absolute atomic E-state index is 12.6. The van der Waals surface area contributed by atoms with E-state index in [2.05, 4.69) is 188 Å². The smallest absolute Gasteiger partial charge is 0.136 e. The number of para-hydroxylation sites is 2. The van der Waals surface area contributed by atoms with Crippen molar-refractivity contribution in [3.8, 4) is 45.8 Å². The number of benzene rings is 11. The second-order valence-corrected chi connectivity index (χ2v) is 23.6. The summed E-state index contributed by atoms with van der Waals surface area (Å²) in [5.41, 5.74) is 16.3. The molecule has 6 heterocycles. The maximum atomic E-state index is 12.6. The first-order chi connectivity index (χ1) is 39.2. The second kappa shape index (κ2) is 16.3. The van der Waals surface area contributed by atoms with Crippen LogP contribution in [0.15, 0.2) is 191 Å². The topological polar surface area (TPSA) is 83.7 Å². The first-order valence-electron chi connectivity index (χ1n) is 26.8. The highest BCUT2D eigenvalue weighted by atomic mass is 32.1. The van der Waals surface area contributed by atoms with E-state index < -0.39 is 0 Å². The molecule has 0 saturated carbocycles. The van der Waals surface area contributed by atoms with Crippen LogP contribution in [0.3, 0.4) is 0 Å². The molecular weight excluding hydrogens is 1020 g/mol. The maximum Gasteiger partial charge on any atom is 0.136 e. The van der Waals surface area contributed by atoms with Gasteiger partial charge in [0.25, 0.3) is 0 Å². The van der Waals surface area contributed by atoms with Crippen molar-refractivity contribution in [2.45, 2.75) is 27.7 Å². The molecule has 0 spiro atoms. The van der Waals surface area contributed by atoms with E-state index in [0.29, 0.717) is 44.8 Å². The number of nitrogens with zero attached hydrogens (tertiary/aromatic N) is 4. The summed E-state index contributed by atoms with van der Waals surface area (Å²) in [6.07, 6.45) is 0. The molecular formula is C72H42N4O2S2. The Bertz CT molecular complexity index is 5520. The molecule has 17 aromatic rings. The lowest BCUT2D eigenvalue weighted by molar-refractivity contribution is 0.668. The molecule has 0 atom stereocenters. The molecule has 0 radical (unpaired) electrons. The number of nitriles is 2. The van der Waals surface area contributed by atoms with Crippen LogP contribution in [0.5, 0.6) is 0 Å². The minimum atomic E-state index is 0.371. The molecule has 0 bridgehead atoms. The van der Waals surface area contributed by atoms with Gasteiger partial charge in [-0.1, -0.05) is 109 Å². The number of hydrogen-bond acceptors (Lipinski definition) is 6. The summed E-state index contributed by atoms with van der Waals surface area (Å²) in [6.45, 7) is 8.70. The molecule has 0 saturated heterocycles. The van der Waals surface area contributed by atoms with Crippen molar-refractivity contribution in [2.75, 3.05) is 0 Å². The van der Waals surface area contributed by atoms with Gasteiger partial charge in [0.1, 0.15) is 34.5 Å². The number of hydrogen-bond donors (Lipinski definition) is 0. The number of rotatable bonds is 4. The van der Waals surface area contributed by atoms with Crippen molar-refractivity contribution >= 4 is 151 Å². The van der Waals surface area contributed by atoms with Gasteiger partial charge >= 0.3 is 0 Å². The standard InChI is InChI=1S/C72H42N4O2S2/c1-37-29-53-49-25-27-51-47-15-7-11-19-63(47)79-71(51)69(49)75(57(53)31-39(37)3)67-55(35-73)65(41-21-23-45-43-13-5-9-17-59(43)77-61(45)33-41)56(36-74)68(66(67)42-22-24-46-44-14-6-10-18-60(44)78-62(46)34-42)76-58-32-40(4)38(2)30-54(58)50-26-28-52-48-16-8-12-20-64(48)80-72(52)70(50)76/h5-34H,1-4H3. The number of thiophene rings is 2. The third-order valence-electron chi connectivity index (χ3n) is 17.2. The van der Waals surface area contributed by atoms with E-state index in [1.807, 2.05) is 42.5 Å². The van der Waals surface area contributed by atoms with Crippen LogP contribution in [0.25, 0.3) is 161 Å². The van der Waals surface area contributed by atoms with Crippen LogP contribution in [-0.4, -0.2) is 9.13 Å². The zero-order valence-electron chi connectivity index (χ0n) is 43.7. The zero-order valence-corrected chi connectivity index (χ0v) is 45.4.